The Morgan fingerprint density at radius 3 is 2.49 bits per heavy atom. The van der Waals surface area contributed by atoms with Crippen LogP contribution in [0.15, 0.2) is 46.0 Å². The van der Waals surface area contributed by atoms with Crippen molar-refractivity contribution in [2.24, 2.45) is 10.1 Å². The number of hydrogen-bond acceptors (Lipinski definition) is 6. The molecule has 0 unspecified atom stereocenters. The minimum absolute atomic E-state index is 0.0327. The number of benzene rings is 2. The van der Waals surface area contributed by atoms with Gasteiger partial charge in [0, 0.05) is 0 Å². The molecule has 2 aliphatic heterocycles. The van der Waals surface area contributed by atoms with E-state index in [0.29, 0.717) is 23.1 Å². The molecule has 1 N–H and O–H groups in total. The van der Waals surface area contributed by atoms with Crippen molar-refractivity contribution < 1.29 is 14.3 Å². The quantitative estimate of drug-likeness (QED) is 0.311. The molecule has 0 spiro atoms. The van der Waals surface area contributed by atoms with Crippen molar-refractivity contribution in [3.05, 3.63) is 62.6 Å². The number of aryl methyl sites for hydroxylation is 2. The Morgan fingerprint density at radius 1 is 1.09 bits per heavy atom. The lowest BCUT2D eigenvalue weighted by molar-refractivity contribution is -0.114. The van der Waals surface area contributed by atoms with Crippen LogP contribution in [0, 0.1) is 19.3 Å². The number of hydrogen-bond donors (Lipinski definition) is 1. The van der Waals surface area contributed by atoms with Gasteiger partial charge in [0.25, 0.3) is 5.91 Å². The average Bonchev–Trinajstić information content (AvgIpc) is 3.20. The zero-order valence-electron chi connectivity index (χ0n) is 19.5. The van der Waals surface area contributed by atoms with Gasteiger partial charge in [0.05, 0.1) is 15.6 Å². The van der Waals surface area contributed by atoms with Gasteiger partial charge in [-0.15, -0.1) is 0 Å². The Bertz CT molecular complexity index is 1270. The van der Waals surface area contributed by atoms with E-state index in [1.165, 1.54) is 28.4 Å². The number of halogens is 2. The summed E-state index contributed by atoms with van der Waals surface area (Å²) in [6, 6.07) is 9.16. The van der Waals surface area contributed by atoms with Crippen LogP contribution in [-0.4, -0.2) is 40.2 Å². The summed E-state index contributed by atoms with van der Waals surface area (Å²) in [5.41, 5.74) is 3.02. The van der Waals surface area contributed by atoms with E-state index in [-0.39, 0.29) is 28.1 Å². The fourth-order valence-electron chi connectivity index (χ4n) is 3.42. The van der Waals surface area contributed by atoms with Crippen molar-refractivity contribution >= 4 is 63.0 Å². The Hall–Kier alpha value is -2.81. The van der Waals surface area contributed by atoms with E-state index in [0.717, 1.165) is 29.2 Å². The second-order valence-electron chi connectivity index (χ2n) is 8.02. The maximum absolute atomic E-state index is 12.6. The Kier molecular flexibility index (Phi) is 7.84. The van der Waals surface area contributed by atoms with Gasteiger partial charge in [-0.05, 0) is 85.5 Å². The van der Waals surface area contributed by atoms with Gasteiger partial charge >= 0.3 is 0 Å². The van der Waals surface area contributed by atoms with E-state index in [1.807, 2.05) is 39.0 Å². The van der Waals surface area contributed by atoms with Gasteiger partial charge in [0.1, 0.15) is 24.0 Å². The maximum Gasteiger partial charge on any atom is 0.283 e. The Morgan fingerprint density at radius 2 is 1.80 bits per heavy atom. The van der Waals surface area contributed by atoms with Gasteiger partial charge < -0.3 is 9.47 Å². The lowest BCUT2D eigenvalue weighted by Gasteiger charge is -2.20. The van der Waals surface area contributed by atoms with Crippen molar-refractivity contribution in [2.75, 3.05) is 13.2 Å². The molecule has 10 heteroatoms. The van der Waals surface area contributed by atoms with Crippen LogP contribution in [0.25, 0.3) is 6.08 Å². The molecular weight excluding hydrogens is 507 g/mol. The highest BCUT2D eigenvalue weighted by molar-refractivity contribution is 8.26. The van der Waals surface area contributed by atoms with Crippen LogP contribution in [0.4, 0.5) is 0 Å². The number of thioether (sulfide) groups is 1. The lowest BCUT2D eigenvalue weighted by atomic mass is 10.1. The molecule has 0 radical (unpaired) electrons. The van der Waals surface area contributed by atoms with E-state index >= 15 is 0 Å². The first-order valence-corrected chi connectivity index (χ1v) is 12.6. The van der Waals surface area contributed by atoms with Gasteiger partial charge in [-0.3, -0.25) is 10.2 Å². The zero-order valence-corrected chi connectivity index (χ0v) is 21.9. The first-order valence-electron chi connectivity index (χ1n) is 11.1. The zero-order chi connectivity index (χ0) is 25.1. The number of hydrazone groups is 1. The molecule has 7 nitrogen and oxygen atoms in total. The second-order valence-corrected chi connectivity index (χ2v) is 9.88. The fourth-order valence-corrected chi connectivity index (χ4v) is 5.02. The normalized spacial score (nSPS) is 16.4. The third kappa shape index (κ3) is 5.72. The molecular formula is C25H24Cl2N4O3S. The summed E-state index contributed by atoms with van der Waals surface area (Å²) in [6.07, 6.45) is 3.22. The third-order valence-electron chi connectivity index (χ3n) is 5.37. The maximum atomic E-state index is 12.6. The summed E-state index contributed by atoms with van der Waals surface area (Å²) >= 11 is 14.2. The fraction of sp³-hybridized carbons (Fsp3) is 0.280. The number of aliphatic imine (C=N–C) groups is 1. The largest absolute Gasteiger partial charge is 0.490 e. The number of ether oxygens (including phenoxy) is 2. The molecule has 182 valence electrons. The highest BCUT2D eigenvalue weighted by Crippen LogP contribution is 2.36. The predicted octanol–water partition coefficient (Wildman–Crippen LogP) is 6.49. The molecule has 2 aromatic carbocycles. The van der Waals surface area contributed by atoms with Gasteiger partial charge in [0.15, 0.2) is 11.6 Å². The molecule has 0 aromatic heterocycles. The van der Waals surface area contributed by atoms with Crippen molar-refractivity contribution in [2.45, 2.75) is 33.6 Å². The average molecular weight is 531 g/mol. The van der Waals surface area contributed by atoms with Crippen LogP contribution in [-0.2, 0) is 4.79 Å². The second kappa shape index (κ2) is 10.8. The number of nitrogens with one attached hydrogen (secondary N) is 1. The summed E-state index contributed by atoms with van der Waals surface area (Å²) in [7, 11) is 0. The lowest BCUT2D eigenvalue weighted by Crippen LogP contribution is -2.35. The van der Waals surface area contributed by atoms with Crippen molar-refractivity contribution in [3.63, 3.8) is 0 Å². The van der Waals surface area contributed by atoms with Gasteiger partial charge in [-0.2, -0.15) is 15.1 Å². The standard InChI is InChI=1S/C25H24Cl2N4O3S/c1-4-5-21-30-31-23(28)18(24(32)29-25(31)35-21)11-16-12-19(26)22(20(27)13-16)34-9-8-33-17-7-6-14(2)15(3)10-17/h6-7,10-13,28H,4-5,8-9H2,1-3H3/b18-11-,28-23?. The minimum atomic E-state index is -0.502. The Balaban J connectivity index is 1.44. The molecule has 35 heavy (non-hydrogen) atoms. The molecule has 0 aliphatic carbocycles. The molecule has 2 heterocycles. The number of amides is 1. The van der Waals surface area contributed by atoms with E-state index in [9.17, 15) is 4.79 Å². The van der Waals surface area contributed by atoms with E-state index in [4.69, 9.17) is 38.1 Å². The van der Waals surface area contributed by atoms with Gasteiger partial charge in [-0.25, -0.2) is 0 Å². The number of fused-ring (bicyclic) bond motifs is 1. The summed E-state index contributed by atoms with van der Waals surface area (Å²) in [6.45, 7) is 6.69. The first-order chi connectivity index (χ1) is 16.8. The van der Waals surface area contributed by atoms with Crippen molar-refractivity contribution in [3.8, 4) is 11.5 Å². The van der Waals surface area contributed by atoms with Crippen LogP contribution in [0.5, 0.6) is 11.5 Å². The SMILES string of the molecule is CCCC1=NN2C(=N)/C(=C/c3cc(Cl)c(OCCOc4ccc(C)c(C)c4)c(Cl)c3)C(=O)N=C2S1. The predicted molar refractivity (Wildman–Crippen MR) is 143 cm³/mol. The molecule has 0 fully saturated rings. The summed E-state index contributed by atoms with van der Waals surface area (Å²) in [5.74, 6) is 0.561. The van der Waals surface area contributed by atoms with Crippen LogP contribution in [0.3, 0.4) is 0 Å². The molecule has 4 rings (SSSR count). The van der Waals surface area contributed by atoms with Crippen molar-refractivity contribution in [1.29, 1.82) is 5.41 Å². The van der Waals surface area contributed by atoms with E-state index in [1.54, 1.807) is 12.1 Å². The topological polar surface area (TPSA) is 87.3 Å². The van der Waals surface area contributed by atoms with E-state index < -0.39 is 5.91 Å². The number of carbonyl (C=O) groups excluding carboxylic acids is 1. The van der Waals surface area contributed by atoms with Crippen LogP contribution >= 0.6 is 35.0 Å². The Labute approximate surface area is 218 Å². The molecule has 0 atom stereocenters. The van der Waals surface area contributed by atoms with E-state index in [2.05, 4.69) is 10.1 Å². The number of rotatable bonds is 8. The van der Waals surface area contributed by atoms with Crippen LogP contribution < -0.4 is 9.47 Å². The molecule has 2 aromatic rings. The number of nitrogens with zero attached hydrogens (tertiary/aromatic N) is 3. The summed E-state index contributed by atoms with van der Waals surface area (Å²) < 4.78 is 11.5. The molecule has 0 saturated heterocycles. The third-order valence-corrected chi connectivity index (χ3v) is 6.90. The van der Waals surface area contributed by atoms with Crippen LogP contribution in [0.2, 0.25) is 10.0 Å². The van der Waals surface area contributed by atoms with Gasteiger partial charge in [-0.1, -0.05) is 36.2 Å². The summed E-state index contributed by atoms with van der Waals surface area (Å²) in [5, 5.41) is 16.1. The minimum Gasteiger partial charge on any atom is -0.490 e. The molecule has 0 bridgehead atoms. The first kappa shape index (κ1) is 25.3. The van der Waals surface area contributed by atoms with Crippen molar-refractivity contribution in [1.82, 2.24) is 5.01 Å². The molecule has 1 amide bonds. The smallest absolute Gasteiger partial charge is 0.283 e. The number of carbonyl (C=O) groups is 1. The summed E-state index contributed by atoms with van der Waals surface area (Å²) in [4.78, 5) is 16.7. The highest BCUT2D eigenvalue weighted by atomic mass is 35.5. The molecule has 2 aliphatic rings. The van der Waals surface area contributed by atoms with Gasteiger partial charge in [0.2, 0.25) is 5.17 Å². The monoisotopic (exact) mass is 530 g/mol. The molecule has 0 saturated carbocycles. The number of amidine groups is 2. The highest BCUT2D eigenvalue weighted by Gasteiger charge is 2.35. The van der Waals surface area contributed by atoms with Crippen LogP contribution in [0.1, 0.15) is 36.5 Å².